The van der Waals surface area contributed by atoms with E-state index in [0.29, 0.717) is 53.1 Å². The van der Waals surface area contributed by atoms with Gasteiger partial charge >= 0.3 is 12.1 Å². The van der Waals surface area contributed by atoms with Crippen molar-refractivity contribution in [1.82, 2.24) is 84.3 Å². The van der Waals surface area contributed by atoms with E-state index in [1.54, 1.807) is 56.3 Å². The largest absolute Gasteiger partial charge is 0.394 e. The molecule has 3 saturated heterocycles. The summed E-state index contributed by atoms with van der Waals surface area (Å²) in [5.41, 5.74) is 7.90. The molecule has 0 bridgehead atoms. The molecule has 0 radical (unpaired) electrons. The molecular weight excluding hydrogens is 1620 g/mol. The Hall–Kier alpha value is -13.3. The van der Waals surface area contributed by atoms with E-state index in [1.165, 1.54) is 79.7 Å². The number of rotatable bonds is 42. The van der Waals surface area contributed by atoms with E-state index in [4.69, 9.17) is 17.3 Å². The first-order valence-electron chi connectivity index (χ1n) is 40.9. The lowest BCUT2D eigenvalue weighted by atomic mass is 9.99. The molecule has 3 aliphatic rings. The zero-order valence-corrected chi connectivity index (χ0v) is 70.2. The van der Waals surface area contributed by atoms with E-state index in [9.17, 15) is 57.8 Å². The molecule has 12 atom stereocenters. The second-order valence-corrected chi connectivity index (χ2v) is 32.0. The third-order valence-corrected chi connectivity index (χ3v) is 21.0. The standard InChI is InChI=1S/C86H106ClN19O18/c1-46(2)35-61(76(114)95-60(16-9-10-33-90-47(3)4)84(122)106-34-12-17-70(106)83(121)91-48(5)73(88)111)96-78(116)64(38-51-21-28-58(29-22-51)93-74(112)67-42-71(109)104-85(123)102-67)98-80(118)65(39-52-23-30-59(31-24-52)94-75(113)68-43-72(110)105-86(124)103-68)100-82(120)69(45-107)101-81(119)66(41-54-13-11-32-89-44-54)99-79(117)63(37-50-19-26-57(87)27-20-50)97-77(115)62(92-49(6)108)40-53-18-25-55-14-7-8-15-56(55)36-53/h7-8,11,13-15,18-32,36,44,46-48,60-70,90,107H,9-10,12,16-17,33-35,37-43,45H2,1-6H3,(H2,88,111)(H,91,121)(H,92,108)(H,93,112)(H,94,113)(H,95,114)(H,96,116)(H,97,115)(H,98,118)(H,99,117)(H,100,120)(H,101,119)(H2,102,104,109,123)(H2,103,105,110,124)/t48-,60+,61+,62-,63-,64-,65+,66-,67+,68-,69+,70+/m1/s1. The second kappa shape index (κ2) is 45.6. The number of benzene rings is 5. The first-order chi connectivity index (χ1) is 59.1. The van der Waals surface area contributed by atoms with Gasteiger partial charge in [0.1, 0.15) is 72.5 Å². The van der Waals surface area contributed by atoms with E-state index in [-0.39, 0.29) is 86.8 Å². The maximum absolute atomic E-state index is 15.6. The Morgan fingerprint density at radius 2 is 0.944 bits per heavy atom. The Balaban J connectivity index is 1.03. The third kappa shape index (κ3) is 29.0. The number of urea groups is 2. The predicted molar refractivity (Wildman–Crippen MR) is 455 cm³/mol. The Labute approximate surface area is 720 Å². The van der Waals surface area contributed by atoms with Crippen LogP contribution in [0.4, 0.5) is 21.0 Å². The quantitative estimate of drug-likeness (QED) is 0.0233. The fourth-order valence-electron chi connectivity index (χ4n) is 14.2. The van der Waals surface area contributed by atoms with E-state index in [1.807, 2.05) is 55.6 Å². The third-order valence-electron chi connectivity index (χ3n) is 20.7. The summed E-state index contributed by atoms with van der Waals surface area (Å²) in [6.07, 6.45) is 2.31. The molecule has 37 nitrogen and oxygen atoms in total. The summed E-state index contributed by atoms with van der Waals surface area (Å²) >= 11 is 6.28. The van der Waals surface area contributed by atoms with Crippen molar-refractivity contribution < 1.29 is 86.6 Å². The summed E-state index contributed by atoms with van der Waals surface area (Å²) in [7, 11) is 0. The van der Waals surface area contributed by atoms with Gasteiger partial charge in [0.15, 0.2) is 0 Å². The zero-order valence-electron chi connectivity index (χ0n) is 69.4. The van der Waals surface area contributed by atoms with Gasteiger partial charge in [-0.1, -0.05) is 124 Å². The van der Waals surface area contributed by atoms with Gasteiger partial charge in [0, 0.05) is 80.4 Å². The number of unbranched alkanes of at least 4 members (excludes halogenated alkanes) is 1. The molecule has 4 heterocycles. The highest BCUT2D eigenvalue weighted by atomic mass is 35.5. The van der Waals surface area contributed by atoms with Gasteiger partial charge in [-0.05, 0) is 139 Å². The molecule has 124 heavy (non-hydrogen) atoms. The zero-order chi connectivity index (χ0) is 89.8. The molecular formula is C86H106ClN19O18. The van der Waals surface area contributed by atoms with Crippen molar-refractivity contribution in [3.05, 3.63) is 173 Å². The fourth-order valence-corrected chi connectivity index (χ4v) is 14.4. The number of aromatic nitrogens is 1. The fraction of sp³-hybridized carbons (Fsp3) is 0.419. The van der Waals surface area contributed by atoms with Crippen molar-refractivity contribution in [1.29, 1.82) is 0 Å². The normalized spacial score (nSPS) is 17.1. The van der Waals surface area contributed by atoms with E-state index in [0.717, 1.165) is 10.8 Å². The average Bonchev–Trinajstić information content (AvgIpc) is 1.85. The van der Waals surface area contributed by atoms with Crippen molar-refractivity contribution in [2.75, 3.05) is 30.3 Å². The van der Waals surface area contributed by atoms with Crippen molar-refractivity contribution >= 4 is 134 Å². The number of amides is 19. The van der Waals surface area contributed by atoms with Crippen LogP contribution in [-0.2, 0) is 104 Å². The molecule has 3 aliphatic heterocycles. The SMILES string of the molecule is CC(=O)N[C@H](Cc1ccc2ccccc2c1)C(=O)N[C@H](Cc1ccc(Cl)cc1)C(=O)N[C@H](Cc1cccnc1)C(=O)N[C@@H](CO)C(=O)N[C@@H](Cc1ccc(NC(=O)[C@H]2CC(=O)NC(=O)N2)cc1)C(=O)N[C@H](Cc1ccc(NC(=O)[C@@H]2CC(=O)NC(=O)N2)cc1)C(=O)N[C@@H](CC(C)C)C(=O)N[C@@H](CCCCNC(C)C)C(=O)N1CCC[C@H]1C(=O)N[C@H](C)C(N)=O. The van der Waals surface area contributed by atoms with Gasteiger partial charge in [-0.15, -0.1) is 0 Å². The average molecular weight is 1730 g/mol. The number of aliphatic hydroxyl groups excluding tert-OH is 1. The summed E-state index contributed by atoms with van der Waals surface area (Å²) < 4.78 is 0. The van der Waals surface area contributed by atoms with Crippen LogP contribution in [0.1, 0.15) is 121 Å². The number of nitrogens with one attached hydrogen (secondary N) is 16. The first kappa shape index (κ1) is 94.6. The van der Waals surface area contributed by atoms with Crippen molar-refractivity contribution in [2.45, 2.75) is 204 Å². The van der Waals surface area contributed by atoms with Gasteiger partial charge < -0.3 is 90.2 Å². The van der Waals surface area contributed by atoms with Gasteiger partial charge in [-0.2, -0.15) is 0 Å². The van der Waals surface area contributed by atoms with Crippen LogP contribution in [0, 0.1) is 5.92 Å². The van der Waals surface area contributed by atoms with Crippen LogP contribution in [0.15, 0.2) is 140 Å². The number of fused-ring (bicyclic) bond motifs is 1. The number of nitrogens with two attached hydrogens (primary N) is 1. The van der Waals surface area contributed by atoms with E-state index in [2.05, 4.69) is 84.7 Å². The lowest BCUT2D eigenvalue weighted by Gasteiger charge is -2.31. The van der Waals surface area contributed by atoms with Crippen LogP contribution in [0.5, 0.6) is 0 Å². The van der Waals surface area contributed by atoms with Gasteiger partial charge in [-0.25, -0.2) is 9.59 Å². The number of hydrogen-bond acceptors (Lipinski definition) is 20. The molecule has 5 aromatic carbocycles. The summed E-state index contributed by atoms with van der Waals surface area (Å²) in [5.74, 6) is -12.8. The molecule has 0 saturated carbocycles. The number of carbonyl (C=O) groups is 17. The number of likely N-dealkylation sites (tertiary alicyclic amines) is 1. The molecule has 0 unspecified atom stereocenters. The maximum atomic E-state index is 15.6. The molecule has 0 spiro atoms. The summed E-state index contributed by atoms with van der Waals surface area (Å²) in [4.78, 5) is 240. The minimum Gasteiger partial charge on any atom is -0.394 e. The molecule has 0 aliphatic carbocycles. The first-order valence-corrected chi connectivity index (χ1v) is 41.3. The smallest absolute Gasteiger partial charge is 0.322 e. The van der Waals surface area contributed by atoms with E-state index < -0.39 is 193 Å². The Kier molecular flexibility index (Phi) is 34.7. The molecule has 1 aromatic heterocycles. The Morgan fingerprint density at radius 3 is 1.41 bits per heavy atom. The van der Waals surface area contributed by atoms with Crippen molar-refractivity contribution in [3.8, 4) is 0 Å². The Morgan fingerprint density at radius 1 is 0.500 bits per heavy atom. The van der Waals surface area contributed by atoms with Crippen LogP contribution in [0.3, 0.4) is 0 Å². The highest BCUT2D eigenvalue weighted by molar-refractivity contribution is 6.30. The number of halogens is 1. The molecule has 6 aromatic rings. The van der Waals surface area contributed by atoms with Gasteiger partial charge in [0.25, 0.3) is 0 Å². The lowest BCUT2D eigenvalue weighted by Crippen LogP contribution is -2.62. The lowest BCUT2D eigenvalue weighted by molar-refractivity contribution is -0.142. The number of hydrogen-bond donors (Lipinski definition) is 18. The predicted octanol–water partition coefficient (Wildman–Crippen LogP) is 0.561. The number of primary amides is 1. The number of nitrogens with zero attached hydrogens (tertiary/aromatic N) is 2. The van der Waals surface area contributed by atoms with Crippen LogP contribution in [0.25, 0.3) is 10.8 Å². The van der Waals surface area contributed by atoms with Crippen LogP contribution >= 0.6 is 11.6 Å². The number of anilines is 2. The van der Waals surface area contributed by atoms with E-state index >= 15 is 28.8 Å². The van der Waals surface area contributed by atoms with Crippen molar-refractivity contribution in [2.24, 2.45) is 11.7 Å². The van der Waals surface area contributed by atoms with Crippen molar-refractivity contribution in [3.63, 3.8) is 0 Å². The number of imide groups is 2. The van der Waals surface area contributed by atoms with Gasteiger partial charge in [0.05, 0.1) is 19.4 Å². The number of aliphatic hydroxyl groups is 1. The summed E-state index contributed by atoms with van der Waals surface area (Å²) in [6, 6.07) is 15.3. The second-order valence-electron chi connectivity index (χ2n) is 31.5. The maximum Gasteiger partial charge on any atom is 0.322 e. The highest BCUT2D eigenvalue weighted by Crippen LogP contribution is 2.24. The molecule has 38 heteroatoms. The number of carbonyl (C=O) groups excluding carboxylic acids is 17. The summed E-state index contributed by atoms with van der Waals surface area (Å²) in [5, 5.41) is 55.0. The van der Waals surface area contributed by atoms with Crippen LogP contribution in [-0.4, -0.2) is 214 Å². The Bertz CT molecular complexity index is 4860. The monoisotopic (exact) mass is 1730 g/mol. The number of pyridine rings is 1. The minimum atomic E-state index is -1.96. The highest BCUT2D eigenvalue weighted by Gasteiger charge is 2.41. The molecule has 19 amide bonds. The minimum absolute atomic E-state index is 0.00888. The van der Waals surface area contributed by atoms with Crippen LogP contribution in [0.2, 0.25) is 5.02 Å². The molecule has 660 valence electrons. The topological polar surface area (TPSA) is 545 Å². The molecule has 3 fully saturated rings. The van der Waals surface area contributed by atoms with Gasteiger partial charge in [0.2, 0.25) is 88.6 Å². The molecule has 19 N–H and O–H groups in total. The van der Waals surface area contributed by atoms with Gasteiger partial charge in [-0.3, -0.25) is 87.5 Å². The van der Waals surface area contributed by atoms with Crippen LogP contribution < -0.4 is 90.8 Å². The molecule has 9 rings (SSSR count). The summed E-state index contributed by atoms with van der Waals surface area (Å²) in [6.45, 7) is 9.60.